The van der Waals surface area contributed by atoms with E-state index in [-0.39, 0.29) is 12.3 Å². The van der Waals surface area contributed by atoms with Crippen LogP contribution in [0, 0.1) is 13.8 Å². The summed E-state index contributed by atoms with van der Waals surface area (Å²) in [5, 5.41) is 2.79. The number of carbonyl (C=O) groups is 2. The van der Waals surface area contributed by atoms with Gasteiger partial charge in [0.1, 0.15) is 5.75 Å². The molecule has 1 N–H and O–H groups in total. The molecule has 0 bridgehead atoms. The van der Waals surface area contributed by atoms with Crippen molar-refractivity contribution in [1.29, 1.82) is 0 Å². The van der Waals surface area contributed by atoms with Gasteiger partial charge in [0.25, 0.3) is 5.91 Å². The van der Waals surface area contributed by atoms with Crippen LogP contribution in [-0.2, 0) is 14.3 Å². The summed E-state index contributed by atoms with van der Waals surface area (Å²) in [6.45, 7) is 5.90. The van der Waals surface area contributed by atoms with Crippen LogP contribution in [0.1, 0.15) is 30.9 Å². The third-order valence-electron chi connectivity index (χ3n) is 3.85. The molecule has 0 heterocycles. The molecule has 26 heavy (non-hydrogen) atoms. The topological polar surface area (TPSA) is 64.6 Å². The number of benzene rings is 2. The number of amides is 1. The van der Waals surface area contributed by atoms with Crippen LogP contribution in [0.4, 0.5) is 5.69 Å². The molecule has 0 unspecified atom stereocenters. The zero-order valence-corrected chi connectivity index (χ0v) is 15.5. The summed E-state index contributed by atoms with van der Waals surface area (Å²) in [7, 11) is 0. The molecule has 5 heteroatoms. The molecule has 0 saturated heterocycles. The Hall–Kier alpha value is -2.82. The third kappa shape index (κ3) is 6.24. The molecule has 0 aliphatic heterocycles. The molecule has 138 valence electrons. The highest BCUT2D eigenvalue weighted by molar-refractivity contribution is 5.95. The number of aryl methyl sites for hydroxylation is 2. The van der Waals surface area contributed by atoms with E-state index in [2.05, 4.69) is 5.32 Å². The van der Waals surface area contributed by atoms with Crippen molar-refractivity contribution in [1.82, 2.24) is 0 Å². The SMILES string of the molecule is Cc1ccc(NC(=O)[C@H](C)OC(=O)CCCOc2ccccc2)c(C)c1. The number of hydrogen-bond donors (Lipinski definition) is 1. The number of ether oxygens (including phenoxy) is 2. The van der Waals surface area contributed by atoms with Crippen LogP contribution < -0.4 is 10.1 Å². The van der Waals surface area contributed by atoms with Crippen LogP contribution in [0.3, 0.4) is 0 Å². The van der Waals surface area contributed by atoms with E-state index < -0.39 is 12.1 Å². The second-order valence-electron chi connectivity index (χ2n) is 6.20. The number of carbonyl (C=O) groups excluding carboxylic acids is 2. The average Bonchev–Trinajstić information content (AvgIpc) is 2.62. The molecule has 0 saturated carbocycles. The summed E-state index contributed by atoms with van der Waals surface area (Å²) in [4.78, 5) is 24.1. The van der Waals surface area contributed by atoms with E-state index in [0.29, 0.717) is 13.0 Å². The van der Waals surface area contributed by atoms with Crippen LogP contribution in [0.2, 0.25) is 0 Å². The second kappa shape index (κ2) is 9.61. The molecule has 2 aromatic carbocycles. The van der Waals surface area contributed by atoms with E-state index in [1.54, 1.807) is 6.92 Å². The van der Waals surface area contributed by atoms with E-state index in [1.165, 1.54) is 0 Å². The minimum atomic E-state index is -0.849. The second-order valence-corrected chi connectivity index (χ2v) is 6.20. The molecular weight excluding hydrogens is 330 g/mol. The Morgan fingerprint density at radius 1 is 1.08 bits per heavy atom. The van der Waals surface area contributed by atoms with Gasteiger partial charge >= 0.3 is 5.97 Å². The van der Waals surface area contributed by atoms with Crippen LogP contribution >= 0.6 is 0 Å². The molecule has 5 nitrogen and oxygen atoms in total. The predicted molar refractivity (Wildman–Crippen MR) is 101 cm³/mol. The summed E-state index contributed by atoms with van der Waals surface area (Å²) in [6, 6.07) is 15.2. The van der Waals surface area contributed by atoms with Crippen molar-refractivity contribution in [3.8, 4) is 5.75 Å². The fraction of sp³-hybridized carbons (Fsp3) is 0.333. The maximum Gasteiger partial charge on any atom is 0.306 e. The van der Waals surface area contributed by atoms with Gasteiger partial charge in [-0.3, -0.25) is 9.59 Å². The van der Waals surface area contributed by atoms with E-state index in [0.717, 1.165) is 22.6 Å². The summed E-state index contributed by atoms with van der Waals surface area (Å²) >= 11 is 0. The number of rotatable bonds is 8. The molecule has 2 aromatic rings. The van der Waals surface area contributed by atoms with Crippen LogP contribution in [0.15, 0.2) is 48.5 Å². The van der Waals surface area contributed by atoms with Crippen molar-refractivity contribution in [3.05, 3.63) is 59.7 Å². The number of hydrogen-bond acceptors (Lipinski definition) is 4. The molecule has 0 spiro atoms. The number of esters is 1. The Bertz CT molecular complexity index is 743. The first kappa shape index (κ1) is 19.5. The van der Waals surface area contributed by atoms with Crippen molar-refractivity contribution in [3.63, 3.8) is 0 Å². The minimum absolute atomic E-state index is 0.202. The Morgan fingerprint density at radius 2 is 1.81 bits per heavy atom. The Kier molecular flexibility index (Phi) is 7.21. The third-order valence-corrected chi connectivity index (χ3v) is 3.85. The highest BCUT2D eigenvalue weighted by Gasteiger charge is 2.18. The lowest BCUT2D eigenvalue weighted by atomic mass is 10.1. The standard InChI is InChI=1S/C21H25NO4/c1-15-11-12-19(16(2)14-15)22-21(24)17(3)26-20(23)10-7-13-25-18-8-5-4-6-9-18/h4-6,8-9,11-12,14,17H,7,10,13H2,1-3H3,(H,22,24)/t17-/m0/s1. The van der Waals surface area contributed by atoms with Gasteiger partial charge in [0.15, 0.2) is 6.10 Å². The maximum atomic E-state index is 12.2. The van der Waals surface area contributed by atoms with Crippen LogP contribution in [0.5, 0.6) is 5.75 Å². The first-order valence-corrected chi connectivity index (χ1v) is 8.71. The largest absolute Gasteiger partial charge is 0.494 e. The lowest BCUT2D eigenvalue weighted by Crippen LogP contribution is -2.30. The molecule has 0 aliphatic carbocycles. The van der Waals surface area contributed by atoms with Gasteiger partial charge in [-0.1, -0.05) is 35.9 Å². The summed E-state index contributed by atoms with van der Waals surface area (Å²) in [5.41, 5.74) is 2.81. The molecule has 0 aromatic heterocycles. The van der Waals surface area contributed by atoms with Gasteiger partial charge in [0.05, 0.1) is 6.61 Å². The highest BCUT2D eigenvalue weighted by Crippen LogP contribution is 2.16. The zero-order chi connectivity index (χ0) is 18.9. The number of anilines is 1. The van der Waals surface area contributed by atoms with Gasteiger partial charge in [0, 0.05) is 12.1 Å². The van der Waals surface area contributed by atoms with Gasteiger partial charge in [0.2, 0.25) is 0 Å². The van der Waals surface area contributed by atoms with Crippen LogP contribution in [-0.4, -0.2) is 24.6 Å². The van der Waals surface area contributed by atoms with Crippen molar-refractivity contribution in [2.45, 2.75) is 39.7 Å². The van der Waals surface area contributed by atoms with Gasteiger partial charge in [-0.05, 0) is 51.0 Å². The summed E-state index contributed by atoms with van der Waals surface area (Å²) in [5.74, 6) is 0.0119. The fourth-order valence-corrected chi connectivity index (χ4v) is 2.42. The van der Waals surface area contributed by atoms with Gasteiger partial charge in [-0.2, -0.15) is 0 Å². The maximum absolute atomic E-state index is 12.2. The lowest BCUT2D eigenvalue weighted by Gasteiger charge is -2.15. The van der Waals surface area contributed by atoms with Crippen molar-refractivity contribution in [2.75, 3.05) is 11.9 Å². The van der Waals surface area contributed by atoms with Crippen molar-refractivity contribution >= 4 is 17.6 Å². The van der Waals surface area contributed by atoms with Gasteiger partial charge in [-0.15, -0.1) is 0 Å². The zero-order valence-electron chi connectivity index (χ0n) is 15.5. The van der Waals surface area contributed by atoms with E-state index in [4.69, 9.17) is 9.47 Å². The van der Waals surface area contributed by atoms with Gasteiger partial charge < -0.3 is 14.8 Å². The normalized spacial score (nSPS) is 11.5. The molecule has 0 fully saturated rings. The first-order chi connectivity index (χ1) is 12.5. The minimum Gasteiger partial charge on any atom is -0.494 e. The number of para-hydroxylation sites is 1. The highest BCUT2D eigenvalue weighted by atomic mass is 16.5. The summed E-state index contributed by atoms with van der Waals surface area (Å²) in [6.07, 6.45) is -0.120. The van der Waals surface area contributed by atoms with Crippen molar-refractivity contribution in [2.24, 2.45) is 0 Å². The molecule has 1 amide bonds. The molecule has 1 atom stereocenters. The average molecular weight is 355 g/mol. The number of nitrogens with one attached hydrogen (secondary N) is 1. The Morgan fingerprint density at radius 3 is 2.50 bits per heavy atom. The van der Waals surface area contributed by atoms with E-state index in [9.17, 15) is 9.59 Å². The fourth-order valence-electron chi connectivity index (χ4n) is 2.42. The first-order valence-electron chi connectivity index (χ1n) is 8.71. The lowest BCUT2D eigenvalue weighted by molar-refractivity contribution is -0.153. The molecule has 0 aliphatic rings. The van der Waals surface area contributed by atoms with E-state index in [1.807, 2.05) is 62.4 Å². The predicted octanol–water partition coefficient (Wildman–Crippen LogP) is 4.03. The van der Waals surface area contributed by atoms with Crippen LogP contribution in [0.25, 0.3) is 0 Å². The monoisotopic (exact) mass is 355 g/mol. The Labute approximate surface area is 154 Å². The van der Waals surface area contributed by atoms with E-state index >= 15 is 0 Å². The van der Waals surface area contributed by atoms with Gasteiger partial charge in [-0.25, -0.2) is 0 Å². The smallest absolute Gasteiger partial charge is 0.306 e. The Balaban J connectivity index is 1.71. The summed E-state index contributed by atoms with van der Waals surface area (Å²) < 4.78 is 10.7. The van der Waals surface area contributed by atoms with Crippen molar-refractivity contribution < 1.29 is 19.1 Å². The quantitative estimate of drug-likeness (QED) is 0.573. The molecule has 2 rings (SSSR count). The molecular formula is C21H25NO4. The molecule has 0 radical (unpaired) electrons.